The number of amides is 2. The second-order valence-electron chi connectivity index (χ2n) is 6.44. The van der Waals surface area contributed by atoms with Gasteiger partial charge in [0.05, 0.1) is 0 Å². The van der Waals surface area contributed by atoms with E-state index in [-0.39, 0.29) is 17.9 Å². The molecule has 2 amide bonds. The summed E-state index contributed by atoms with van der Waals surface area (Å²) in [6.07, 6.45) is 0. The summed E-state index contributed by atoms with van der Waals surface area (Å²) >= 11 is 0. The Morgan fingerprint density at radius 3 is 2.32 bits per heavy atom. The topological polar surface area (TPSA) is 71.1 Å². The number of carbonyl (C=O) groups excluding carboxylic acids is 2. The Kier molecular flexibility index (Phi) is 5.79. The molecular weight excluding hydrogens is 357 g/mol. The Balaban J connectivity index is 1.68. The summed E-state index contributed by atoms with van der Waals surface area (Å²) in [5.74, 6) is -1.28. The van der Waals surface area contributed by atoms with Gasteiger partial charge in [-0.25, -0.2) is 9.37 Å². The summed E-state index contributed by atoms with van der Waals surface area (Å²) in [7, 11) is 0. The lowest BCUT2D eigenvalue weighted by Gasteiger charge is -2.09. The van der Waals surface area contributed by atoms with Crippen molar-refractivity contribution in [2.75, 3.05) is 5.32 Å². The van der Waals surface area contributed by atoms with Crippen LogP contribution in [-0.4, -0.2) is 16.8 Å². The second kappa shape index (κ2) is 8.43. The zero-order chi connectivity index (χ0) is 20.1. The Bertz CT molecular complexity index is 1030. The van der Waals surface area contributed by atoms with Crippen LogP contribution in [0, 0.1) is 19.7 Å². The first-order valence-corrected chi connectivity index (χ1v) is 8.81. The molecule has 2 aromatic carbocycles. The summed E-state index contributed by atoms with van der Waals surface area (Å²) in [5.41, 5.74) is 3.43. The largest absolute Gasteiger partial charge is 0.347 e. The van der Waals surface area contributed by atoms with Crippen molar-refractivity contribution in [1.82, 2.24) is 10.3 Å². The average Bonchev–Trinajstić information content (AvgIpc) is 2.70. The van der Waals surface area contributed by atoms with Crippen LogP contribution in [0.2, 0.25) is 0 Å². The number of rotatable bonds is 5. The molecule has 0 spiro atoms. The molecule has 0 saturated carbocycles. The van der Waals surface area contributed by atoms with Gasteiger partial charge in [-0.1, -0.05) is 30.3 Å². The smallest absolute Gasteiger partial charge is 0.274 e. The number of aryl methyl sites for hydroxylation is 2. The lowest BCUT2D eigenvalue weighted by atomic mass is 10.1. The number of pyridine rings is 1. The Hall–Kier alpha value is -3.54. The summed E-state index contributed by atoms with van der Waals surface area (Å²) in [6, 6.07) is 16.4. The number of aromatic nitrogens is 1. The molecule has 1 aromatic heterocycles. The SMILES string of the molecule is Cc1ccc(NC(=O)c2cccc(C(=O)NCc3ccccc3F)n2)cc1C. The van der Waals surface area contributed by atoms with Gasteiger partial charge in [0.1, 0.15) is 17.2 Å². The van der Waals surface area contributed by atoms with Gasteiger partial charge in [-0.15, -0.1) is 0 Å². The van der Waals surface area contributed by atoms with Gasteiger partial charge in [-0.2, -0.15) is 0 Å². The average molecular weight is 377 g/mol. The van der Waals surface area contributed by atoms with Crippen LogP contribution < -0.4 is 10.6 Å². The Morgan fingerprint density at radius 2 is 1.61 bits per heavy atom. The molecule has 0 unspecified atom stereocenters. The number of nitrogens with one attached hydrogen (secondary N) is 2. The summed E-state index contributed by atoms with van der Waals surface area (Å²) < 4.78 is 13.7. The van der Waals surface area contributed by atoms with Crippen molar-refractivity contribution in [3.8, 4) is 0 Å². The molecule has 0 aliphatic rings. The minimum Gasteiger partial charge on any atom is -0.347 e. The molecule has 0 bridgehead atoms. The molecule has 2 N–H and O–H groups in total. The number of nitrogens with zero attached hydrogens (tertiary/aromatic N) is 1. The van der Waals surface area contributed by atoms with Crippen LogP contribution in [0.1, 0.15) is 37.7 Å². The van der Waals surface area contributed by atoms with Gasteiger partial charge in [-0.3, -0.25) is 9.59 Å². The van der Waals surface area contributed by atoms with Gasteiger partial charge in [0, 0.05) is 17.8 Å². The molecular formula is C22H20FN3O2. The molecule has 3 aromatic rings. The normalized spacial score (nSPS) is 10.4. The first-order valence-electron chi connectivity index (χ1n) is 8.81. The first kappa shape index (κ1) is 19.2. The minimum absolute atomic E-state index is 0.0340. The number of anilines is 1. The maximum Gasteiger partial charge on any atom is 0.274 e. The van der Waals surface area contributed by atoms with E-state index in [4.69, 9.17) is 0 Å². The number of carbonyl (C=O) groups is 2. The molecule has 0 fully saturated rings. The van der Waals surface area contributed by atoms with Crippen molar-refractivity contribution < 1.29 is 14.0 Å². The molecule has 0 aliphatic carbocycles. The molecule has 0 atom stereocenters. The van der Waals surface area contributed by atoms with Crippen LogP contribution in [0.25, 0.3) is 0 Å². The number of hydrogen-bond acceptors (Lipinski definition) is 3. The summed E-state index contributed by atoms with van der Waals surface area (Å²) in [5, 5.41) is 5.39. The zero-order valence-corrected chi connectivity index (χ0v) is 15.6. The molecule has 6 heteroatoms. The van der Waals surface area contributed by atoms with Crippen LogP contribution in [0.3, 0.4) is 0 Å². The van der Waals surface area contributed by atoms with Crippen LogP contribution in [-0.2, 0) is 6.54 Å². The van der Waals surface area contributed by atoms with E-state index in [9.17, 15) is 14.0 Å². The number of hydrogen-bond donors (Lipinski definition) is 2. The fraction of sp³-hybridized carbons (Fsp3) is 0.136. The Morgan fingerprint density at radius 1 is 0.893 bits per heavy atom. The van der Waals surface area contributed by atoms with E-state index in [0.29, 0.717) is 11.3 Å². The highest BCUT2D eigenvalue weighted by Crippen LogP contribution is 2.15. The van der Waals surface area contributed by atoms with E-state index in [0.717, 1.165) is 11.1 Å². The maximum atomic E-state index is 13.7. The maximum absolute atomic E-state index is 13.7. The fourth-order valence-electron chi connectivity index (χ4n) is 2.61. The highest BCUT2D eigenvalue weighted by molar-refractivity contribution is 6.03. The molecule has 142 valence electrons. The van der Waals surface area contributed by atoms with Crippen molar-refractivity contribution in [3.05, 3.63) is 94.6 Å². The summed E-state index contributed by atoms with van der Waals surface area (Å²) in [4.78, 5) is 28.9. The van der Waals surface area contributed by atoms with Crippen molar-refractivity contribution in [2.24, 2.45) is 0 Å². The Labute approximate surface area is 162 Å². The second-order valence-corrected chi connectivity index (χ2v) is 6.44. The molecule has 0 radical (unpaired) electrons. The van der Waals surface area contributed by atoms with E-state index in [2.05, 4.69) is 15.6 Å². The van der Waals surface area contributed by atoms with Gasteiger partial charge in [0.25, 0.3) is 11.8 Å². The fourth-order valence-corrected chi connectivity index (χ4v) is 2.61. The predicted molar refractivity (Wildman–Crippen MR) is 106 cm³/mol. The zero-order valence-electron chi connectivity index (χ0n) is 15.6. The molecule has 1 heterocycles. The summed E-state index contributed by atoms with van der Waals surface area (Å²) in [6.45, 7) is 3.99. The minimum atomic E-state index is -0.482. The van der Waals surface area contributed by atoms with Gasteiger partial charge < -0.3 is 10.6 Å². The molecule has 3 rings (SSSR count). The first-order chi connectivity index (χ1) is 13.4. The van der Waals surface area contributed by atoms with E-state index >= 15 is 0 Å². The van der Waals surface area contributed by atoms with Gasteiger partial charge >= 0.3 is 0 Å². The number of benzene rings is 2. The van der Waals surface area contributed by atoms with Crippen LogP contribution in [0.15, 0.2) is 60.7 Å². The molecule has 0 saturated heterocycles. The van der Waals surface area contributed by atoms with Crippen molar-refractivity contribution in [2.45, 2.75) is 20.4 Å². The van der Waals surface area contributed by atoms with E-state index in [1.165, 1.54) is 18.2 Å². The predicted octanol–water partition coefficient (Wildman–Crippen LogP) is 4.02. The standard InChI is InChI=1S/C22H20FN3O2/c1-14-10-11-17(12-15(14)2)25-22(28)20-9-5-8-19(26-20)21(27)24-13-16-6-3-4-7-18(16)23/h3-12H,13H2,1-2H3,(H,24,27)(H,25,28). The van der Waals surface area contributed by atoms with Crippen molar-refractivity contribution >= 4 is 17.5 Å². The highest BCUT2D eigenvalue weighted by Gasteiger charge is 2.13. The van der Waals surface area contributed by atoms with Gasteiger partial charge in [-0.05, 0) is 55.3 Å². The molecule has 5 nitrogen and oxygen atoms in total. The van der Waals surface area contributed by atoms with Gasteiger partial charge in [0.15, 0.2) is 0 Å². The van der Waals surface area contributed by atoms with Crippen molar-refractivity contribution in [1.29, 1.82) is 0 Å². The third kappa shape index (κ3) is 4.59. The monoisotopic (exact) mass is 377 g/mol. The molecule has 0 aliphatic heterocycles. The molecule has 28 heavy (non-hydrogen) atoms. The van der Waals surface area contributed by atoms with Crippen LogP contribution in [0.5, 0.6) is 0 Å². The van der Waals surface area contributed by atoms with E-state index in [1.54, 1.807) is 24.3 Å². The number of halogens is 1. The highest BCUT2D eigenvalue weighted by atomic mass is 19.1. The van der Waals surface area contributed by atoms with E-state index in [1.807, 2.05) is 32.0 Å². The quantitative estimate of drug-likeness (QED) is 0.705. The third-order valence-electron chi connectivity index (χ3n) is 4.38. The van der Waals surface area contributed by atoms with Crippen molar-refractivity contribution in [3.63, 3.8) is 0 Å². The van der Waals surface area contributed by atoms with Crippen LogP contribution >= 0.6 is 0 Å². The third-order valence-corrected chi connectivity index (χ3v) is 4.38. The van der Waals surface area contributed by atoms with E-state index < -0.39 is 17.6 Å². The van der Waals surface area contributed by atoms with Crippen LogP contribution in [0.4, 0.5) is 10.1 Å². The van der Waals surface area contributed by atoms with Gasteiger partial charge in [0.2, 0.25) is 0 Å². The lowest BCUT2D eigenvalue weighted by molar-refractivity contribution is 0.0945. The lowest BCUT2D eigenvalue weighted by Crippen LogP contribution is -2.25.